The maximum atomic E-state index is 11.8. The molecule has 0 aliphatic heterocycles. The minimum absolute atomic E-state index is 0. The van der Waals surface area contributed by atoms with Crippen LogP contribution < -0.4 is 4.74 Å². The third-order valence-corrected chi connectivity index (χ3v) is 2.64. The number of hydrogen-bond donors (Lipinski definition) is 1. The normalized spacial score (nSPS) is 9.40. The van der Waals surface area contributed by atoms with Crippen LogP contribution in [0.1, 0.15) is 18.8 Å². The Morgan fingerprint density at radius 3 is 2.45 bits per heavy atom. The van der Waals surface area contributed by atoms with Crippen molar-refractivity contribution in [2.24, 2.45) is 0 Å². The van der Waals surface area contributed by atoms with Gasteiger partial charge in [-0.3, -0.25) is 0 Å². The van der Waals surface area contributed by atoms with Gasteiger partial charge in [0.1, 0.15) is 17.1 Å². The third-order valence-electron chi connectivity index (χ3n) is 2.64. The predicted molar refractivity (Wildman–Crippen MR) is 81.4 cm³/mol. The number of carbonyl (C=O) groups is 1. The van der Waals surface area contributed by atoms with Crippen LogP contribution in [0.3, 0.4) is 0 Å². The molecule has 0 radical (unpaired) electrons. The molecule has 0 heterocycles. The zero-order chi connectivity index (χ0) is 13.7. The molecule has 100 valence electrons. The third kappa shape index (κ3) is 4.37. The van der Waals surface area contributed by atoms with Crippen LogP contribution in [-0.2, 0) is 6.42 Å². The van der Waals surface area contributed by atoms with E-state index in [1.165, 1.54) is 12.1 Å². The van der Waals surface area contributed by atoms with E-state index in [9.17, 15) is 9.90 Å². The van der Waals surface area contributed by atoms with E-state index < -0.39 is 5.97 Å². The zero-order valence-electron chi connectivity index (χ0n) is 13.1. The molecule has 1 N–H and O–H groups in total. The summed E-state index contributed by atoms with van der Waals surface area (Å²) in [5.41, 5.74) is 1.25. The molecule has 0 aliphatic carbocycles. The number of esters is 1. The van der Waals surface area contributed by atoms with E-state index in [1.807, 2.05) is 18.2 Å². The van der Waals surface area contributed by atoms with Crippen LogP contribution in [0.4, 0.5) is 0 Å². The summed E-state index contributed by atoms with van der Waals surface area (Å²) in [6.45, 7) is 3.66. The van der Waals surface area contributed by atoms with Crippen molar-refractivity contribution in [2.45, 2.75) is 6.42 Å². The zero-order valence-corrected chi connectivity index (χ0v) is 13.3. The minimum Gasteiger partial charge on any atom is -1.00 e. The molecule has 0 saturated heterocycles. The quantitative estimate of drug-likeness (QED) is 0.408. The van der Waals surface area contributed by atoms with Crippen molar-refractivity contribution in [3.05, 3.63) is 72.3 Å². The molecule has 0 fully saturated rings. The van der Waals surface area contributed by atoms with E-state index in [1.54, 1.807) is 24.3 Å². The summed E-state index contributed by atoms with van der Waals surface area (Å²) in [6, 6.07) is 13.5. The summed E-state index contributed by atoms with van der Waals surface area (Å²) < 4.78 is 5.19. The van der Waals surface area contributed by atoms with Gasteiger partial charge in [0.05, 0.1) is 0 Å². The monoisotopic (exact) mass is 296 g/mol. The van der Waals surface area contributed by atoms with Crippen LogP contribution in [0.15, 0.2) is 61.2 Å². The van der Waals surface area contributed by atoms with Gasteiger partial charge < -0.3 is 12.7 Å². The summed E-state index contributed by atoms with van der Waals surface area (Å²) in [5, 5.41) is 9.56. The topological polar surface area (TPSA) is 46.5 Å². The molecule has 0 atom stereocenters. The van der Waals surface area contributed by atoms with Gasteiger partial charge in [0.2, 0.25) is 0 Å². The number of aromatic hydroxyl groups is 1. The SMILES string of the molecule is C=CCc1ccc(OC(=O)c2ccccc2O)cc1.[Ca+2].[H-].[H-]. The summed E-state index contributed by atoms with van der Waals surface area (Å²) in [7, 11) is 0. The fraction of sp³-hybridized carbons (Fsp3) is 0.0625. The Morgan fingerprint density at radius 2 is 1.85 bits per heavy atom. The number of hydrogen-bond acceptors (Lipinski definition) is 3. The number of phenols is 1. The van der Waals surface area contributed by atoms with Gasteiger partial charge in [-0.15, -0.1) is 6.58 Å². The molecule has 0 saturated carbocycles. The van der Waals surface area contributed by atoms with E-state index in [0.717, 1.165) is 12.0 Å². The van der Waals surface area contributed by atoms with E-state index >= 15 is 0 Å². The van der Waals surface area contributed by atoms with Gasteiger partial charge in [0.25, 0.3) is 0 Å². The summed E-state index contributed by atoms with van der Waals surface area (Å²) in [5.74, 6) is -0.216. The standard InChI is InChI=1S/C16H14O3.Ca.2H/c1-2-5-12-8-10-13(11-9-12)19-16(18)14-6-3-4-7-15(14)17;;;/h2-4,6-11,17H,1,5H2;;;/q;+2;2*-1. The van der Waals surface area contributed by atoms with Crippen LogP contribution in [-0.4, -0.2) is 48.8 Å². The average Bonchev–Trinajstić information content (AvgIpc) is 2.42. The smallest absolute Gasteiger partial charge is 1.00 e. The molecule has 20 heavy (non-hydrogen) atoms. The molecule has 3 nitrogen and oxygen atoms in total. The van der Waals surface area contributed by atoms with Crippen molar-refractivity contribution in [2.75, 3.05) is 0 Å². The molecule has 0 bridgehead atoms. The number of ether oxygens (including phenoxy) is 1. The van der Waals surface area contributed by atoms with E-state index in [2.05, 4.69) is 6.58 Å². The van der Waals surface area contributed by atoms with Gasteiger partial charge in [0.15, 0.2) is 0 Å². The molecule has 0 amide bonds. The summed E-state index contributed by atoms with van der Waals surface area (Å²) >= 11 is 0. The largest absolute Gasteiger partial charge is 2.00 e. The Kier molecular flexibility index (Phi) is 6.79. The van der Waals surface area contributed by atoms with Gasteiger partial charge >= 0.3 is 43.7 Å². The van der Waals surface area contributed by atoms with E-state index in [-0.39, 0.29) is 51.9 Å². The maximum absolute atomic E-state index is 11.8. The van der Waals surface area contributed by atoms with Crippen LogP contribution in [0.5, 0.6) is 11.5 Å². The first kappa shape index (κ1) is 16.8. The Morgan fingerprint density at radius 1 is 1.20 bits per heavy atom. The van der Waals surface area contributed by atoms with Crippen LogP contribution >= 0.6 is 0 Å². The van der Waals surface area contributed by atoms with Crippen LogP contribution in [0.2, 0.25) is 0 Å². The molecule has 0 aromatic heterocycles. The van der Waals surface area contributed by atoms with E-state index in [4.69, 9.17) is 4.74 Å². The molecule has 2 aromatic carbocycles. The number of allylic oxidation sites excluding steroid dienone is 1. The molecule has 0 spiro atoms. The Hall–Kier alpha value is -1.29. The average molecular weight is 296 g/mol. The van der Waals surface area contributed by atoms with Crippen molar-refractivity contribution in [3.8, 4) is 11.5 Å². The summed E-state index contributed by atoms with van der Waals surface area (Å²) in [6.07, 6.45) is 2.58. The first-order valence-corrected chi connectivity index (χ1v) is 5.90. The van der Waals surface area contributed by atoms with Crippen molar-refractivity contribution in [3.63, 3.8) is 0 Å². The molecule has 0 unspecified atom stereocenters. The van der Waals surface area contributed by atoms with Crippen LogP contribution in [0, 0.1) is 0 Å². The van der Waals surface area contributed by atoms with Gasteiger partial charge in [-0.2, -0.15) is 0 Å². The molecular formula is C16H16CaO3. The number of carbonyl (C=O) groups excluding carboxylic acids is 1. The van der Waals surface area contributed by atoms with Crippen LogP contribution in [0.25, 0.3) is 0 Å². The van der Waals surface area contributed by atoms with Crippen molar-refractivity contribution in [1.29, 1.82) is 0 Å². The molecule has 2 rings (SSSR count). The number of rotatable bonds is 4. The van der Waals surface area contributed by atoms with Gasteiger partial charge in [-0.1, -0.05) is 30.3 Å². The summed E-state index contributed by atoms with van der Waals surface area (Å²) in [4.78, 5) is 11.8. The second kappa shape index (κ2) is 8.10. The Labute approximate surface area is 150 Å². The van der Waals surface area contributed by atoms with Gasteiger partial charge in [-0.05, 0) is 36.2 Å². The van der Waals surface area contributed by atoms with E-state index in [0.29, 0.717) is 5.75 Å². The first-order valence-electron chi connectivity index (χ1n) is 5.90. The first-order chi connectivity index (χ1) is 9.20. The number of para-hydroxylation sites is 1. The minimum atomic E-state index is -0.574. The Balaban J connectivity index is 0. The molecule has 4 heteroatoms. The maximum Gasteiger partial charge on any atom is 2.00 e. The number of benzene rings is 2. The van der Waals surface area contributed by atoms with Gasteiger partial charge in [0, 0.05) is 0 Å². The predicted octanol–water partition coefficient (Wildman–Crippen LogP) is 3.18. The van der Waals surface area contributed by atoms with Gasteiger partial charge in [-0.25, -0.2) is 4.79 Å². The molecular weight excluding hydrogens is 280 g/mol. The fourth-order valence-corrected chi connectivity index (χ4v) is 1.67. The Bertz CT molecular complexity index is 601. The number of phenolic OH excluding ortho intramolecular Hbond substituents is 1. The second-order valence-corrected chi connectivity index (χ2v) is 4.04. The molecule has 0 aliphatic rings. The van der Waals surface area contributed by atoms with Crippen molar-refractivity contribution in [1.82, 2.24) is 0 Å². The van der Waals surface area contributed by atoms with Crippen molar-refractivity contribution >= 4 is 43.7 Å². The van der Waals surface area contributed by atoms with Crippen molar-refractivity contribution < 1.29 is 17.5 Å². The second-order valence-electron chi connectivity index (χ2n) is 4.04. The fourth-order valence-electron chi connectivity index (χ4n) is 1.67. The molecule has 2 aromatic rings.